The molecule has 1 aromatic carbocycles. The van der Waals surface area contributed by atoms with Gasteiger partial charge in [-0.15, -0.1) is 0 Å². The number of non-ortho nitro benzene ring substituents is 1. The van der Waals surface area contributed by atoms with Crippen molar-refractivity contribution >= 4 is 23.2 Å². The van der Waals surface area contributed by atoms with E-state index in [9.17, 15) is 19.7 Å². The van der Waals surface area contributed by atoms with E-state index < -0.39 is 10.8 Å². The van der Waals surface area contributed by atoms with E-state index in [1.165, 1.54) is 24.3 Å². The predicted molar refractivity (Wildman–Crippen MR) is 89.2 cm³/mol. The number of nitriles is 1. The van der Waals surface area contributed by atoms with E-state index in [0.29, 0.717) is 18.5 Å². The van der Waals surface area contributed by atoms with E-state index in [1.54, 1.807) is 6.07 Å². The summed E-state index contributed by atoms with van der Waals surface area (Å²) in [5, 5.41) is 27.8. The van der Waals surface area contributed by atoms with Gasteiger partial charge in [-0.2, -0.15) is 5.26 Å². The Morgan fingerprint density at radius 1 is 1.28 bits per heavy atom. The fraction of sp³-hybridized carbons (Fsp3) is 0.312. The molecular formula is C16H17N5O4. The molecule has 0 atom stereocenters. The standard InChI is InChI=1S/C16H17N5O4/c17-9-12(10-19-15(22)11-5-7-18-8-6-11)16(23)20-13-1-3-14(4-2-13)21(24)25/h1-4,10-11,18H,5-8H2,(H,19,22)(H,20,23)/b12-10-. The van der Waals surface area contributed by atoms with Crippen LogP contribution in [0.4, 0.5) is 11.4 Å². The molecule has 1 fully saturated rings. The van der Waals surface area contributed by atoms with Gasteiger partial charge in [0.05, 0.1) is 4.92 Å². The molecule has 130 valence electrons. The van der Waals surface area contributed by atoms with Crippen molar-refractivity contribution in [2.45, 2.75) is 12.8 Å². The summed E-state index contributed by atoms with van der Waals surface area (Å²) in [6, 6.07) is 6.92. The lowest BCUT2D eigenvalue weighted by molar-refractivity contribution is -0.384. The zero-order valence-electron chi connectivity index (χ0n) is 13.3. The Morgan fingerprint density at radius 3 is 2.48 bits per heavy atom. The van der Waals surface area contributed by atoms with Crippen LogP contribution in [0.3, 0.4) is 0 Å². The van der Waals surface area contributed by atoms with Crippen LogP contribution in [-0.2, 0) is 9.59 Å². The smallest absolute Gasteiger partial charge is 0.269 e. The molecule has 1 heterocycles. The summed E-state index contributed by atoms with van der Waals surface area (Å²) < 4.78 is 0. The summed E-state index contributed by atoms with van der Waals surface area (Å²) in [5.74, 6) is -1.07. The molecule has 25 heavy (non-hydrogen) atoms. The Morgan fingerprint density at radius 2 is 1.92 bits per heavy atom. The average Bonchev–Trinajstić information content (AvgIpc) is 2.63. The van der Waals surface area contributed by atoms with Crippen LogP contribution in [0.1, 0.15) is 12.8 Å². The van der Waals surface area contributed by atoms with E-state index in [1.807, 2.05) is 0 Å². The van der Waals surface area contributed by atoms with E-state index in [-0.39, 0.29) is 23.1 Å². The number of benzene rings is 1. The van der Waals surface area contributed by atoms with Gasteiger partial charge >= 0.3 is 0 Å². The third-order valence-corrected chi connectivity index (χ3v) is 3.77. The topological polar surface area (TPSA) is 137 Å². The maximum atomic E-state index is 12.1. The van der Waals surface area contributed by atoms with E-state index in [4.69, 9.17) is 5.26 Å². The van der Waals surface area contributed by atoms with Gasteiger partial charge in [-0.25, -0.2) is 0 Å². The van der Waals surface area contributed by atoms with Gasteiger partial charge in [0, 0.05) is 29.9 Å². The molecule has 0 aromatic heterocycles. The number of hydrogen-bond donors (Lipinski definition) is 3. The largest absolute Gasteiger partial charge is 0.331 e. The van der Waals surface area contributed by atoms with Crippen LogP contribution in [0.15, 0.2) is 36.0 Å². The third-order valence-electron chi connectivity index (χ3n) is 3.77. The molecule has 0 spiro atoms. The van der Waals surface area contributed by atoms with Gasteiger partial charge in [-0.05, 0) is 38.1 Å². The number of nitrogens with zero attached hydrogens (tertiary/aromatic N) is 2. The lowest BCUT2D eigenvalue weighted by atomic mass is 9.97. The Kier molecular flexibility index (Phi) is 6.20. The summed E-state index contributed by atoms with van der Waals surface area (Å²) in [7, 11) is 0. The maximum absolute atomic E-state index is 12.1. The first-order chi connectivity index (χ1) is 12.0. The lowest BCUT2D eigenvalue weighted by Crippen LogP contribution is -2.36. The maximum Gasteiger partial charge on any atom is 0.269 e. The van der Waals surface area contributed by atoms with Gasteiger partial charge in [-0.3, -0.25) is 19.7 Å². The number of carbonyl (C=O) groups is 2. The lowest BCUT2D eigenvalue weighted by Gasteiger charge is -2.20. The fourth-order valence-electron chi connectivity index (χ4n) is 2.36. The quantitative estimate of drug-likeness (QED) is 0.316. The van der Waals surface area contributed by atoms with Crippen LogP contribution >= 0.6 is 0 Å². The Hall–Kier alpha value is -3.25. The van der Waals surface area contributed by atoms with Gasteiger partial charge in [0.25, 0.3) is 11.6 Å². The molecule has 1 saturated heterocycles. The molecule has 9 nitrogen and oxygen atoms in total. The highest BCUT2D eigenvalue weighted by Gasteiger charge is 2.20. The first-order valence-electron chi connectivity index (χ1n) is 7.68. The van der Waals surface area contributed by atoms with Gasteiger partial charge in [0.2, 0.25) is 5.91 Å². The number of nitro groups is 1. The number of rotatable bonds is 5. The second-order valence-corrected chi connectivity index (χ2v) is 5.46. The van der Waals surface area contributed by atoms with Crippen LogP contribution in [0.25, 0.3) is 0 Å². The first-order valence-corrected chi connectivity index (χ1v) is 7.68. The highest BCUT2D eigenvalue weighted by molar-refractivity contribution is 6.06. The first kappa shape index (κ1) is 18.1. The molecule has 1 aliphatic heterocycles. The molecule has 0 unspecified atom stereocenters. The molecule has 3 N–H and O–H groups in total. The molecule has 0 saturated carbocycles. The minimum atomic E-state index is -0.707. The predicted octanol–water partition coefficient (Wildman–Crippen LogP) is 1.06. The number of nitro benzene ring substituents is 1. The van der Waals surface area contributed by atoms with E-state index in [2.05, 4.69) is 16.0 Å². The molecule has 2 amide bonds. The van der Waals surface area contributed by atoms with Crippen LogP contribution < -0.4 is 16.0 Å². The number of hydrogen-bond acceptors (Lipinski definition) is 6. The summed E-state index contributed by atoms with van der Waals surface area (Å²) in [6.45, 7) is 1.51. The molecule has 2 rings (SSSR count). The van der Waals surface area contributed by atoms with Crippen molar-refractivity contribution in [1.82, 2.24) is 10.6 Å². The van der Waals surface area contributed by atoms with Crippen molar-refractivity contribution in [1.29, 1.82) is 5.26 Å². The summed E-state index contributed by atoms with van der Waals surface area (Å²) >= 11 is 0. The summed E-state index contributed by atoms with van der Waals surface area (Å²) in [6.07, 6.45) is 2.50. The number of anilines is 1. The Labute approximate surface area is 143 Å². The molecule has 9 heteroatoms. The number of carbonyl (C=O) groups excluding carboxylic acids is 2. The average molecular weight is 343 g/mol. The van der Waals surface area contributed by atoms with Crippen LogP contribution in [0.5, 0.6) is 0 Å². The van der Waals surface area contributed by atoms with Gasteiger partial charge in [0.1, 0.15) is 11.6 Å². The van der Waals surface area contributed by atoms with Crippen molar-refractivity contribution in [3.8, 4) is 6.07 Å². The Bertz CT molecular complexity index is 730. The van der Waals surface area contributed by atoms with E-state index >= 15 is 0 Å². The van der Waals surface area contributed by atoms with Crippen LogP contribution in [0.2, 0.25) is 0 Å². The van der Waals surface area contributed by atoms with Crippen LogP contribution in [0, 0.1) is 27.4 Å². The molecule has 0 radical (unpaired) electrons. The summed E-state index contributed by atoms with van der Waals surface area (Å²) in [5.41, 5.74) is -0.0645. The highest BCUT2D eigenvalue weighted by atomic mass is 16.6. The molecule has 0 aliphatic carbocycles. The van der Waals surface area contributed by atoms with Crippen molar-refractivity contribution in [2.24, 2.45) is 5.92 Å². The zero-order valence-corrected chi connectivity index (χ0v) is 13.3. The minimum absolute atomic E-state index is 0.108. The fourth-order valence-corrected chi connectivity index (χ4v) is 2.36. The Balaban J connectivity index is 1.96. The number of amides is 2. The number of piperidine rings is 1. The molecule has 1 aromatic rings. The SMILES string of the molecule is N#C/C(=C/NC(=O)C1CCNCC1)C(=O)Nc1ccc([N+](=O)[O-])cc1. The van der Waals surface area contributed by atoms with Gasteiger partial charge in [0.15, 0.2) is 0 Å². The minimum Gasteiger partial charge on any atom is -0.331 e. The van der Waals surface area contributed by atoms with Gasteiger partial charge in [-0.1, -0.05) is 0 Å². The van der Waals surface area contributed by atoms with Crippen molar-refractivity contribution in [3.63, 3.8) is 0 Å². The van der Waals surface area contributed by atoms with Crippen molar-refractivity contribution in [2.75, 3.05) is 18.4 Å². The summed E-state index contributed by atoms with van der Waals surface area (Å²) in [4.78, 5) is 34.1. The molecule has 1 aliphatic rings. The van der Waals surface area contributed by atoms with Crippen molar-refractivity contribution < 1.29 is 14.5 Å². The molecular weight excluding hydrogens is 326 g/mol. The monoisotopic (exact) mass is 343 g/mol. The third kappa shape index (κ3) is 5.12. The van der Waals surface area contributed by atoms with Gasteiger partial charge < -0.3 is 16.0 Å². The van der Waals surface area contributed by atoms with Crippen LogP contribution in [-0.4, -0.2) is 29.8 Å². The second kappa shape index (κ2) is 8.56. The number of nitrogens with one attached hydrogen (secondary N) is 3. The second-order valence-electron chi connectivity index (χ2n) is 5.46. The highest BCUT2D eigenvalue weighted by Crippen LogP contribution is 2.16. The van der Waals surface area contributed by atoms with E-state index in [0.717, 1.165) is 19.3 Å². The molecule has 0 bridgehead atoms. The normalized spacial score (nSPS) is 15.1. The van der Waals surface area contributed by atoms with Crippen molar-refractivity contribution in [3.05, 3.63) is 46.2 Å². The zero-order chi connectivity index (χ0) is 18.2.